The van der Waals surface area contributed by atoms with E-state index in [1.165, 1.54) is 21.4 Å². The van der Waals surface area contributed by atoms with Gasteiger partial charge in [-0.25, -0.2) is 13.1 Å². The molecule has 3 heterocycles. The number of nitrogens with zero attached hydrogens (tertiary/aromatic N) is 6. The van der Waals surface area contributed by atoms with E-state index in [2.05, 4.69) is 15.4 Å². The minimum atomic E-state index is -3.50. The molecule has 136 valence electrons. The quantitative estimate of drug-likeness (QED) is 0.634. The molecule has 1 aromatic carbocycles. The lowest BCUT2D eigenvalue weighted by Crippen LogP contribution is -2.50. The molecule has 0 radical (unpaired) electrons. The summed E-state index contributed by atoms with van der Waals surface area (Å²) >= 11 is 0. The van der Waals surface area contributed by atoms with Crippen molar-refractivity contribution in [1.82, 2.24) is 29.1 Å². The van der Waals surface area contributed by atoms with Crippen molar-refractivity contribution in [3.8, 4) is 5.75 Å². The first-order valence-electron chi connectivity index (χ1n) is 8.10. The van der Waals surface area contributed by atoms with Crippen LogP contribution in [0.5, 0.6) is 5.75 Å². The van der Waals surface area contributed by atoms with Crippen LogP contribution in [0.2, 0.25) is 0 Å². The van der Waals surface area contributed by atoms with Crippen molar-refractivity contribution in [1.29, 1.82) is 0 Å². The minimum absolute atomic E-state index is 0.0283. The highest BCUT2D eigenvalue weighted by molar-refractivity contribution is 7.89. The predicted octanol–water partition coefficient (Wildman–Crippen LogP) is 0.836. The van der Waals surface area contributed by atoms with Gasteiger partial charge in [0.05, 0.1) is 18.4 Å². The number of aromatic nitrogens is 5. The summed E-state index contributed by atoms with van der Waals surface area (Å²) in [6.45, 7) is 1.04. The fourth-order valence-electron chi connectivity index (χ4n) is 2.69. The van der Waals surface area contributed by atoms with E-state index >= 15 is 0 Å². The standard InChI is InChI=1S/C16H18N6O3S/c1-20-11-16(7-17-20)26(23,24)21-9-14(10-21)22-8-13(18-19-22)12-25-15-5-3-2-4-6-15/h2-8,11,14H,9-10,12H2,1H3. The van der Waals surface area contributed by atoms with Gasteiger partial charge in [-0.1, -0.05) is 23.4 Å². The summed E-state index contributed by atoms with van der Waals surface area (Å²) < 4.78 is 35.2. The average Bonchev–Trinajstić information content (AvgIpc) is 3.22. The average molecular weight is 374 g/mol. The Hall–Kier alpha value is -2.72. The van der Waals surface area contributed by atoms with Gasteiger partial charge in [0.25, 0.3) is 0 Å². The molecule has 4 rings (SSSR count). The fourth-order valence-corrected chi connectivity index (χ4v) is 4.19. The summed E-state index contributed by atoms with van der Waals surface area (Å²) in [7, 11) is -1.81. The van der Waals surface area contributed by atoms with Crippen molar-refractivity contribution in [3.05, 3.63) is 54.6 Å². The number of rotatable bonds is 6. The zero-order valence-corrected chi connectivity index (χ0v) is 15.0. The van der Waals surface area contributed by atoms with E-state index < -0.39 is 10.0 Å². The van der Waals surface area contributed by atoms with Crippen LogP contribution in [0, 0.1) is 0 Å². The molecule has 0 spiro atoms. The van der Waals surface area contributed by atoms with Crippen molar-refractivity contribution in [2.45, 2.75) is 17.5 Å². The van der Waals surface area contributed by atoms with Crippen LogP contribution < -0.4 is 4.74 Å². The van der Waals surface area contributed by atoms with Crippen LogP contribution in [0.3, 0.4) is 0 Å². The van der Waals surface area contributed by atoms with Gasteiger partial charge < -0.3 is 4.74 Å². The topological polar surface area (TPSA) is 95.1 Å². The van der Waals surface area contributed by atoms with Crippen molar-refractivity contribution < 1.29 is 13.2 Å². The van der Waals surface area contributed by atoms with Gasteiger partial charge in [0.15, 0.2) is 0 Å². The zero-order valence-electron chi connectivity index (χ0n) is 14.1. The molecule has 0 aliphatic carbocycles. The van der Waals surface area contributed by atoms with E-state index in [0.717, 1.165) is 5.75 Å². The molecule has 0 saturated carbocycles. The molecule has 1 aliphatic rings. The number of para-hydroxylation sites is 1. The van der Waals surface area contributed by atoms with Crippen molar-refractivity contribution >= 4 is 10.0 Å². The van der Waals surface area contributed by atoms with Gasteiger partial charge in [-0.15, -0.1) is 5.10 Å². The highest BCUT2D eigenvalue weighted by Crippen LogP contribution is 2.27. The molecule has 1 saturated heterocycles. The first kappa shape index (κ1) is 16.7. The molecule has 9 nitrogen and oxygen atoms in total. The molecule has 0 unspecified atom stereocenters. The fraction of sp³-hybridized carbons (Fsp3) is 0.312. The first-order chi connectivity index (χ1) is 12.5. The van der Waals surface area contributed by atoms with Gasteiger partial charge in [-0.3, -0.25) is 4.68 Å². The number of sulfonamides is 1. The van der Waals surface area contributed by atoms with Crippen LogP contribution in [0.1, 0.15) is 11.7 Å². The molecule has 0 atom stereocenters. The van der Waals surface area contributed by atoms with Gasteiger partial charge >= 0.3 is 0 Å². The Morgan fingerprint density at radius 1 is 1.19 bits per heavy atom. The SMILES string of the molecule is Cn1cc(S(=O)(=O)N2CC(n3cc(COc4ccccc4)nn3)C2)cn1. The molecule has 3 aromatic rings. The van der Waals surface area contributed by atoms with Crippen molar-refractivity contribution in [3.63, 3.8) is 0 Å². The Kier molecular flexibility index (Phi) is 4.21. The number of aryl methyl sites for hydroxylation is 1. The van der Waals surface area contributed by atoms with Crippen LogP contribution >= 0.6 is 0 Å². The molecular weight excluding hydrogens is 356 g/mol. The second-order valence-electron chi connectivity index (χ2n) is 6.12. The maximum absolute atomic E-state index is 12.5. The Balaban J connectivity index is 1.35. The lowest BCUT2D eigenvalue weighted by atomic mass is 10.2. The van der Waals surface area contributed by atoms with Gasteiger partial charge in [-0.05, 0) is 12.1 Å². The largest absolute Gasteiger partial charge is 0.487 e. The Morgan fingerprint density at radius 2 is 1.96 bits per heavy atom. The molecule has 0 amide bonds. The van der Waals surface area contributed by atoms with Crippen LogP contribution in [-0.4, -0.2) is 50.6 Å². The van der Waals surface area contributed by atoms with E-state index in [1.807, 2.05) is 30.3 Å². The number of hydrogen-bond acceptors (Lipinski definition) is 6. The van der Waals surface area contributed by atoms with Gasteiger partial charge in [0.1, 0.15) is 22.9 Å². The van der Waals surface area contributed by atoms with Crippen molar-refractivity contribution in [2.24, 2.45) is 7.05 Å². The van der Waals surface area contributed by atoms with E-state index in [9.17, 15) is 8.42 Å². The second-order valence-corrected chi connectivity index (χ2v) is 8.06. The molecule has 26 heavy (non-hydrogen) atoms. The third kappa shape index (κ3) is 3.20. The summed E-state index contributed by atoms with van der Waals surface area (Å²) in [5.74, 6) is 0.763. The third-order valence-electron chi connectivity index (χ3n) is 4.21. The monoisotopic (exact) mass is 374 g/mol. The lowest BCUT2D eigenvalue weighted by Gasteiger charge is -2.37. The van der Waals surface area contributed by atoms with E-state index in [-0.39, 0.29) is 10.9 Å². The van der Waals surface area contributed by atoms with Crippen LogP contribution in [-0.2, 0) is 23.7 Å². The second kappa shape index (κ2) is 6.54. The highest BCUT2D eigenvalue weighted by atomic mass is 32.2. The predicted molar refractivity (Wildman–Crippen MR) is 91.8 cm³/mol. The Labute approximate surface area is 150 Å². The Bertz CT molecular complexity index is 992. The molecule has 10 heteroatoms. The Morgan fingerprint density at radius 3 is 2.65 bits per heavy atom. The lowest BCUT2D eigenvalue weighted by molar-refractivity contribution is 0.188. The van der Waals surface area contributed by atoms with Gasteiger partial charge in [0.2, 0.25) is 10.0 Å². The molecule has 1 fully saturated rings. The van der Waals surface area contributed by atoms with Crippen LogP contribution in [0.4, 0.5) is 0 Å². The summed E-state index contributed by atoms with van der Waals surface area (Å²) in [4.78, 5) is 0.203. The summed E-state index contributed by atoms with van der Waals surface area (Å²) in [5.41, 5.74) is 0.697. The number of ether oxygens (including phenoxy) is 1. The molecule has 0 bridgehead atoms. The summed E-state index contributed by atoms with van der Waals surface area (Å²) in [6, 6.07) is 9.44. The van der Waals surface area contributed by atoms with E-state index in [1.54, 1.807) is 17.9 Å². The normalized spacial score (nSPS) is 15.7. The van der Waals surface area contributed by atoms with Gasteiger partial charge in [0, 0.05) is 26.3 Å². The van der Waals surface area contributed by atoms with Crippen molar-refractivity contribution in [2.75, 3.05) is 13.1 Å². The maximum Gasteiger partial charge on any atom is 0.246 e. The highest BCUT2D eigenvalue weighted by Gasteiger charge is 2.38. The minimum Gasteiger partial charge on any atom is -0.487 e. The van der Waals surface area contributed by atoms with Crippen LogP contribution in [0.25, 0.3) is 0 Å². The number of hydrogen-bond donors (Lipinski definition) is 0. The van der Waals surface area contributed by atoms with Crippen LogP contribution in [0.15, 0.2) is 53.8 Å². The third-order valence-corrected chi connectivity index (χ3v) is 5.99. The molecule has 2 aromatic heterocycles. The first-order valence-corrected chi connectivity index (χ1v) is 9.54. The summed E-state index contributed by atoms with van der Waals surface area (Å²) in [6.07, 6.45) is 4.65. The summed E-state index contributed by atoms with van der Waals surface area (Å²) in [5, 5.41) is 12.1. The zero-order chi connectivity index (χ0) is 18.1. The van der Waals surface area contributed by atoms with E-state index in [0.29, 0.717) is 25.4 Å². The number of benzene rings is 1. The van der Waals surface area contributed by atoms with Gasteiger partial charge in [-0.2, -0.15) is 9.40 Å². The molecular formula is C16H18N6O3S. The molecule has 0 N–H and O–H groups in total. The smallest absolute Gasteiger partial charge is 0.246 e. The van der Waals surface area contributed by atoms with E-state index in [4.69, 9.17) is 4.74 Å². The maximum atomic E-state index is 12.5. The molecule has 1 aliphatic heterocycles.